The van der Waals surface area contributed by atoms with Gasteiger partial charge in [-0.3, -0.25) is 9.59 Å². The summed E-state index contributed by atoms with van der Waals surface area (Å²) in [6.45, 7) is 4.22. The quantitative estimate of drug-likeness (QED) is 0.654. The van der Waals surface area contributed by atoms with E-state index in [0.717, 1.165) is 6.54 Å². The molecule has 18 heavy (non-hydrogen) atoms. The standard InChI is InChI=1S/C12H23N3O3/c1-4-13-10-8-18-7-9(10)12(17)14-6-5-11(16)15(2)3/h9-10,13H,4-8H2,1-3H3,(H,14,17). The van der Waals surface area contributed by atoms with Gasteiger partial charge in [0.15, 0.2) is 0 Å². The van der Waals surface area contributed by atoms with Gasteiger partial charge in [-0.15, -0.1) is 0 Å². The van der Waals surface area contributed by atoms with E-state index in [9.17, 15) is 9.59 Å². The summed E-state index contributed by atoms with van der Waals surface area (Å²) in [5.74, 6) is -0.175. The number of carbonyl (C=O) groups is 2. The number of hydrogen-bond acceptors (Lipinski definition) is 4. The molecule has 0 spiro atoms. The second kappa shape index (κ2) is 7.33. The normalized spacial score (nSPS) is 22.8. The molecule has 2 amide bonds. The maximum atomic E-state index is 11.9. The van der Waals surface area contributed by atoms with Gasteiger partial charge < -0.3 is 20.3 Å². The molecule has 2 N–H and O–H groups in total. The zero-order chi connectivity index (χ0) is 13.5. The summed E-state index contributed by atoms with van der Waals surface area (Å²) in [5, 5.41) is 6.02. The summed E-state index contributed by atoms with van der Waals surface area (Å²) in [7, 11) is 3.41. The van der Waals surface area contributed by atoms with Crippen molar-refractivity contribution < 1.29 is 14.3 Å². The van der Waals surface area contributed by atoms with E-state index in [2.05, 4.69) is 10.6 Å². The molecule has 2 atom stereocenters. The monoisotopic (exact) mass is 257 g/mol. The first kappa shape index (κ1) is 14.9. The predicted octanol–water partition coefficient (Wildman–Crippen LogP) is -0.795. The fourth-order valence-electron chi connectivity index (χ4n) is 1.92. The van der Waals surface area contributed by atoms with Crippen molar-refractivity contribution in [2.75, 3.05) is 40.4 Å². The molecule has 6 heteroatoms. The van der Waals surface area contributed by atoms with Crippen LogP contribution in [-0.4, -0.2) is 63.2 Å². The van der Waals surface area contributed by atoms with Crippen molar-refractivity contribution in [2.45, 2.75) is 19.4 Å². The number of rotatable bonds is 6. The lowest BCUT2D eigenvalue weighted by atomic mass is 10.0. The van der Waals surface area contributed by atoms with Gasteiger partial charge in [-0.25, -0.2) is 0 Å². The maximum absolute atomic E-state index is 11.9. The van der Waals surface area contributed by atoms with Crippen molar-refractivity contribution >= 4 is 11.8 Å². The SMILES string of the molecule is CCNC1COCC1C(=O)NCCC(=O)N(C)C. The minimum Gasteiger partial charge on any atom is -0.379 e. The highest BCUT2D eigenvalue weighted by Crippen LogP contribution is 2.13. The molecule has 1 rings (SSSR count). The van der Waals surface area contributed by atoms with Gasteiger partial charge in [0.1, 0.15) is 0 Å². The minimum absolute atomic E-state index is 0.0150. The van der Waals surface area contributed by atoms with Gasteiger partial charge in [0.2, 0.25) is 11.8 Å². The van der Waals surface area contributed by atoms with Crippen molar-refractivity contribution in [3.63, 3.8) is 0 Å². The highest BCUT2D eigenvalue weighted by molar-refractivity contribution is 5.81. The molecule has 0 aromatic heterocycles. The molecule has 1 fully saturated rings. The lowest BCUT2D eigenvalue weighted by Gasteiger charge is -2.18. The van der Waals surface area contributed by atoms with E-state index in [4.69, 9.17) is 4.74 Å². The van der Waals surface area contributed by atoms with E-state index in [1.807, 2.05) is 6.92 Å². The van der Waals surface area contributed by atoms with Crippen molar-refractivity contribution in [1.82, 2.24) is 15.5 Å². The zero-order valence-electron chi connectivity index (χ0n) is 11.4. The van der Waals surface area contributed by atoms with E-state index in [1.54, 1.807) is 14.1 Å². The third-order valence-corrected chi connectivity index (χ3v) is 3.02. The maximum Gasteiger partial charge on any atom is 0.227 e. The van der Waals surface area contributed by atoms with Crippen molar-refractivity contribution in [2.24, 2.45) is 5.92 Å². The molecule has 2 unspecified atom stereocenters. The number of hydrogen-bond donors (Lipinski definition) is 2. The number of likely N-dealkylation sites (N-methyl/N-ethyl adjacent to an activating group) is 1. The van der Waals surface area contributed by atoms with E-state index in [0.29, 0.717) is 26.2 Å². The first-order valence-electron chi connectivity index (χ1n) is 6.35. The minimum atomic E-state index is -0.153. The van der Waals surface area contributed by atoms with Crippen molar-refractivity contribution in [3.05, 3.63) is 0 Å². The lowest BCUT2D eigenvalue weighted by Crippen LogP contribution is -2.44. The summed E-state index contributed by atoms with van der Waals surface area (Å²) in [6, 6.07) is 0.0829. The third kappa shape index (κ3) is 4.27. The van der Waals surface area contributed by atoms with Crippen LogP contribution in [-0.2, 0) is 14.3 Å². The number of nitrogens with zero attached hydrogens (tertiary/aromatic N) is 1. The number of nitrogens with one attached hydrogen (secondary N) is 2. The van der Waals surface area contributed by atoms with Crippen LogP contribution in [0.3, 0.4) is 0 Å². The van der Waals surface area contributed by atoms with Crippen LogP contribution in [0, 0.1) is 5.92 Å². The molecule has 0 aromatic carbocycles. The van der Waals surface area contributed by atoms with Crippen LogP contribution < -0.4 is 10.6 Å². The average molecular weight is 257 g/mol. The first-order chi connectivity index (χ1) is 8.56. The third-order valence-electron chi connectivity index (χ3n) is 3.02. The van der Waals surface area contributed by atoms with Gasteiger partial charge in [0.25, 0.3) is 0 Å². The first-order valence-corrected chi connectivity index (χ1v) is 6.35. The number of amides is 2. The van der Waals surface area contributed by atoms with E-state index >= 15 is 0 Å². The van der Waals surface area contributed by atoms with E-state index in [-0.39, 0.29) is 23.8 Å². The van der Waals surface area contributed by atoms with Crippen LogP contribution in [0.5, 0.6) is 0 Å². The topological polar surface area (TPSA) is 70.7 Å². The summed E-state index contributed by atoms with van der Waals surface area (Å²) < 4.78 is 5.31. The summed E-state index contributed by atoms with van der Waals surface area (Å²) in [5.41, 5.74) is 0. The van der Waals surface area contributed by atoms with Crippen LogP contribution in [0.4, 0.5) is 0 Å². The Morgan fingerprint density at radius 3 is 2.67 bits per heavy atom. The summed E-state index contributed by atoms with van der Waals surface area (Å²) >= 11 is 0. The Balaban J connectivity index is 2.30. The molecule has 6 nitrogen and oxygen atoms in total. The van der Waals surface area contributed by atoms with Crippen LogP contribution in [0.1, 0.15) is 13.3 Å². The van der Waals surface area contributed by atoms with Crippen LogP contribution in [0.25, 0.3) is 0 Å². The lowest BCUT2D eigenvalue weighted by molar-refractivity contribution is -0.129. The Kier molecular flexibility index (Phi) is 6.07. The Morgan fingerprint density at radius 2 is 2.06 bits per heavy atom. The predicted molar refractivity (Wildman–Crippen MR) is 68.1 cm³/mol. The highest BCUT2D eigenvalue weighted by atomic mass is 16.5. The Morgan fingerprint density at radius 1 is 1.33 bits per heavy atom. The van der Waals surface area contributed by atoms with Gasteiger partial charge in [0.05, 0.1) is 19.1 Å². The fraction of sp³-hybridized carbons (Fsp3) is 0.833. The molecule has 1 aliphatic rings. The van der Waals surface area contributed by atoms with Crippen molar-refractivity contribution in [3.8, 4) is 0 Å². The van der Waals surface area contributed by atoms with Crippen LogP contribution >= 0.6 is 0 Å². The molecule has 0 radical (unpaired) electrons. The fourth-order valence-corrected chi connectivity index (χ4v) is 1.92. The molecule has 1 heterocycles. The Hall–Kier alpha value is -1.14. The van der Waals surface area contributed by atoms with Crippen molar-refractivity contribution in [1.29, 1.82) is 0 Å². The molecule has 104 valence electrons. The number of carbonyl (C=O) groups excluding carboxylic acids is 2. The van der Waals surface area contributed by atoms with Gasteiger partial charge in [-0.2, -0.15) is 0 Å². The zero-order valence-corrected chi connectivity index (χ0v) is 11.4. The Bertz CT molecular complexity index is 294. The summed E-state index contributed by atoms with van der Waals surface area (Å²) in [4.78, 5) is 24.8. The molecular weight excluding hydrogens is 234 g/mol. The van der Waals surface area contributed by atoms with Gasteiger partial charge in [-0.1, -0.05) is 6.92 Å². The molecule has 1 aliphatic heterocycles. The Labute approximate surface area is 108 Å². The van der Waals surface area contributed by atoms with Crippen LogP contribution in [0.2, 0.25) is 0 Å². The van der Waals surface area contributed by atoms with Gasteiger partial charge in [0, 0.05) is 33.1 Å². The molecule has 0 aromatic rings. The van der Waals surface area contributed by atoms with E-state index in [1.165, 1.54) is 4.90 Å². The molecule has 1 saturated heterocycles. The molecule has 0 bridgehead atoms. The van der Waals surface area contributed by atoms with Crippen LogP contribution in [0.15, 0.2) is 0 Å². The highest BCUT2D eigenvalue weighted by Gasteiger charge is 2.33. The smallest absolute Gasteiger partial charge is 0.227 e. The molecule has 0 aliphatic carbocycles. The average Bonchev–Trinajstić information content (AvgIpc) is 2.77. The van der Waals surface area contributed by atoms with Gasteiger partial charge in [-0.05, 0) is 6.54 Å². The second-order valence-electron chi connectivity index (χ2n) is 4.64. The second-order valence-corrected chi connectivity index (χ2v) is 4.64. The van der Waals surface area contributed by atoms with Gasteiger partial charge >= 0.3 is 0 Å². The number of ether oxygens (including phenoxy) is 1. The molecule has 0 saturated carbocycles. The summed E-state index contributed by atoms with van der Waals surface area (Å²) in [6.07, 6.45) is 0.332. The largest absolute Gasteiger partial charge is 0.379 e. The molecular formula is C12H23N3O3. The van der Waals surface area contributed by atoms with E-state index < -0.39 is 0 Å².